The van der Waals surface area contributed by atoms with Crippen molar-refractivity contribution >= 4 is 18.8 Å². The van der Waals surface area contributed by atoms with Crippen molar-refractivity contribution < 1.29 is 18.1 Å². The van der Waals surface area contributed by atoms with Gasteiger partial charge in [0.05, 0.1) is 0 Å². The highest BCUT2D eigenvalue weighted by Crippen LogP contribution is 2.46. The molecule has 0 aliphatic rings. The van der Waals surface area contributed by atoms with Gasteiger partial charge in [0.1, 0.15) is 0 Å². The highest BCUT2D eigenvalue weighted by atomic mass is 31.2. The van der Waals surface area contributed by atoms with Crippen molar-refractivity contribution in [2.45, 2.75) is 0 Å². The molecule has 0 aromatic heterocycles. The molecule has 58 valence electrons. The molecule has 0 fully saturated rings. The second kappa shape index (κ2) is 5.14. The number of hydrogen-bond acceptors (Lipinski definition) is 4. The molecule has 0 aromatic rings. The van der Waals surface area contributed by atoms with Gasteiger partial charge in [0, 0.05) is 21.3 Å². The largest absolute Gasteiger partial charge is 0.473 e. The normalized spacial score (nSPS) is 10.6. The number of phosphoric ester groups is 1. The van der Waals surface area contributed by atoms with Crippen LogP contribution in [0, 0.1) is 0 Å². The maximum Gasteiger partial charge on any atom is 0.473 e. The van der Waals surface area contributed by atoms with Gasteiger partial charge in [0.15, 0.2) is 0 Å². The van der Waals surface area contributed by atoms with E-state index in [0.717, 1.165) is 0 Å². The van der Waals surface area contributed by atoms with E-state index in [2.05, 4.69) is 13.6 Å². The van der Waals surface area contributed by atoms with Crippen LogP contribution in [0.15, 0.2) is 0 Å². The second-order valence-corrected chi connectivity index (χ2v) is 2.98. The van der Waals surface area contributed by atoms with Crippen LogP contribution >= 0.6 is 7.82 Å². The van der Waals surface area contributed by atoms with Gasteiger partial charge < -0.3 is 0 Å². The van der Waals surface area contributed by atoms with Crippen LogP contribution in [-0.4, -0.2) is 32.3 Å². The van der Waals surface area contributed by atoms with Gasteiger partial charge in [-0.05, 0) is 11.0 Å². The van der Waals surface area contributed by atoms with E-state index < -0.39 is 7.82 Å². The fraction of sp³-hybridized carbons (Fsp3) is 1.00. The molecule has 0 amide bonds. The lowest BCUT2D eigenvalue weighted by molar-refractivity contribution is 0.178. The molecule has 0 radical (unpaired) electrons. The number of hydrogen-bond donors (Lipinski definition) is 0. The molecule has 0 saturated carbocycles. The summed E-state index contributed by atoms with van der Waals surface area (Å²) in [7, 11) is 0.611. The molecule has 0 aliphatic heterocycles. The van der Waals surface area contributed by atoms with Crippen LogP contribution in [0.1, 0.15) is 0 Å². The molecule has 0 unspecified atom stereocenters. The van der Waals surface area contributed by atoms with E-state index in [9.17, 15) is 4.57 Å². The minimum atomic E-state index is -3.16. The Morgan fingerprint density at radius 3 is 1.22 bits per heavy atom. The molecular formula is C3H13O4PSi. The number of rotatable bonds is 3. The molecule has 4 nitrogen and oxygen atoms in total. The molecule has 0 N–H and O–H groups in total. The summed E-state index contributed by atoms with van der Waals surface area (Å²) in [5, 5.41) is 0. The minimum absolute atomic E-state index is 0. The van der Waals surface area contributed by atoms with Gasteiger partial charge in [-0.25, -0.2) is 4.57 Å². The van der Waals surface area contributed by atoms with Crippen molar-refractivity contribution in [3.8, 4) is 0 Å². The Balaban J connectivity index is 0. The Bertz CT molecular complexity index is 87.0. The summed E-state index contributed by atoms with van der Waals surface area (Å²) >= 11 is 0. The van der Waals surface area contributed by atoms with Crippen LogP contribution in [0.5, 0.6) is 0 Å². The van der Waals surface area contributed by atoms with E-state index in [4.69, 9.17) is 0 Å². The first-order valence-electron chi connectivity index (χ1n) is 1.96. The van der Waals surface area contributed by atoms with E-state index in [1.807, 2.05) is 0 Å². The molecule has 0 bridgehead atoms. The average Bonchev–Trinajstić information content (AvgIpc) is 1.87. The lowest BCUT2D eigenvalue weighted by Crippen LogP contribution is -1.88. The number of phosphoric acid groups is 1. The first kappa shape index (κ1) is 12.0. The summed E-state index contributed by atoms with van der Waals surface area (Å²) in [5.74, 6) is 0. The van der Waals surface area contributed by atoms with E-state index >= 15 is 0 Å². The first-order chi connectivity index (χ1) is 3.68. The van der Waals surface area contributed by atoms with Crippen LogP contribution in [0.2, 0.25) is 0 Å². The van der Waals surface area contributed by atoms with E-state index in [1.54, 1.807) is 0 Å². The average molecular weight is 172 g/mol. The Hall–Kier alpha value is 0.327. The lowest BCUT2D eigenvalue weighted by atomic mass is 11.8. The van der Waals surface area contributed by atoms with E-state index in [0.29, 0.717) is 0 Å². The summed E-state index contributed by atoms with van der Waals surface area (Å²) in [4.78, 5) is 0. The van der Waals surface area contributed by atoms with Gasteiger partial charge in [0.2, 0.25) is 0 Å². The maximum atomic E-state index is 10.7. The first-order valence-corrected chi connectivity index (χ1v) is 3.42. The smallest absolute Gasteiger partial charge is 0.290 e. The zero-order valence-corrected chi connectivity index (χ0v) is 5.97. The molecule has 0 aliphatic carbocycles. The van der Waals surface area contributed by atoms with Crippen molar-refractivity contribution in [1.29, 1.82) is 0 Å². The van der Waals surface area contributed by atoms with Crippen LogP contribution in [-0.2, 0) is 18.1 Å². The third-order valence-corrected chi connectivity index (χ3v) is 2.01. The van der Waals surface area contributed by atoms with Crippen molar-refractivity contribution in [2.24, 2.45) is 0 Å². The molecule has 9 heavy (non-hydrogen) atoms. The van der Waals surface area contributed by atoms with Gasteiger partial charge in [-0.15, -0.1) is 0 Å². The third kappa shape index (κ3) is 3.83. The maximum absolute atomic E-state index is 10.7. The summed E-state index contributed by atoms with van der Waals surface area (Å²) in [6, 6.07) is 0. The molecule has 0 aromatic carbocycles. The van der Waals surface area contributed by atoms with E-state index in [1.165, 1.54) is 21.3 Å². The summed E-state index contributed by atoms with van der Waals surface area (Å²) in [5.41, 5.74) is 0. The zero-order chi connectivity index (χ0) is 6.62. The van der Waals surface area contributed by atoms with Crippen molar-refractivity contribution in [3.63, 3.8) is 0 Å². The highest BCUT2D eigenvalue weighted by molar-refractivity contribution is 7.48. The van der Waals surface area contributed by atoms with Gasteiger partial charge in [-0.3, -0.25) is 13.6 Å². The summed E-state index contributed by atoms with van der Waals surface area (Å²) < 4.78 is 23.7. The quantitative estimate of drug-likeness (QED) is 0.428. The van der Waals surface area contributed by atoms with Gasteiger partial charge in [-0.1, -0.05) is 0 Å². The molecule has 6 heteroatoms. The van der Waals surface area contributed by atoms with Crippen LogP contribution in [0.4, 0.5) is 0 Å². The van der Waals surface area contributed by atoms with Crippen molar-refractivity contribution in [3.05, 3.63) is 0 Å². The van der Waals surface area contributed by atoms with Crippen molar-refractivity contribution in [2.75, 3.05) is 21.3 Å². The van der Waals surface area contributed by atoms with Crippen LogP contribution in [0.3, 0.4) is 0 Å². The van der Waals surface area contributed by atoms with Crippen LogP contribution in [0.25, 0.3) is 0 Å². The van der Waals surface area contributed by atoms with Gasteiger partial charge >= 0.3 is 7.82 Å². The Kier molecular flexibility index (Phi) is 6.88. The third-order valence-electron chi connectivity index (χ3n) is 0.671. The molecular weight excluding hydrogens is 159 g/mol. The molecule has 0 atom stereocenters. The fourth-order valence-electron chi connectivity index (χ4n) is 0.224. The molecule has 0 heterocycles. The monoisotopic (exact) mass is 172 g/mol. The Morgan fingerprint density at radius 1 is 1.00 bits per heavy atom. The highest BCUT2D eigenvalue weighted by Gasteiger charge is 2.18. The van der Waals surface area contributed by atoms with Crippen molar-refractivity contribution in [1.82, 2.24) is 0 Å². The minimum Gasteiger partial charge on any atom is -0.290 e. The molecule has 0 rings (SSSR count). The zero-order valence-electron chi connectivity index (χ0n) is 5.08. The van der Waals surface area contributed by atoms with E-state index in [-0.39, 0.29) is 11.0 Å². The summed E-state index contributed by atoms with van der Waals surface area (Å²) in [6.07, 6.45) is 0. The SMILES string of the molecule is COP(=O)(OC)OC.[SiH4]. The molecule has 0 spiro atoms. The predicted molar refractivity (Wildman–Crippen MR) is 40.0 cm³/mol. The second-order valence-electron chi connectivity index (χ2n) is 0.995. The molecule has 0 saturated heterocycles. The Morgan fingerprint density at radius 2 is 1.22 bits per heavy atom. The Labute approximate surface area is 59.1 Å². The lowest BCUT2D eigenvalue weighted by Gasteiger charge is -2.08. The van der Waals surface area contributed by atoms with Gasteiger partial charge in [-0.2, -0.15) is 0 Å². The summed E-state index contributed by atoms with van der Waals surface area (Å²) in [6.45, 7) is 0. The van der Waals surface area contributed by atoms with Crippen LogP contribution < -0.4 is 0 Å². The topological polar surface area (TPSA) is 44.8 Å². The van der Waals surface area contributed by atoms with Gasteiger partial charge in [0.25, 0.3) is 0 Å². The predicted octanol–water partition coefficient (Wildman–Crippen LogP) is -0.418. The fourth-order valence-corrected chi connectivity index (χ4v) is 0.671. The standard InChI is InChI=1S/C3H9O4P.H4Si/c1-5-8(4,6-2)7-3;/h1-3H3;1H4.